The van der Waals surface area contributed by atoms with Crippen molar-refractivity contribution in [3.05, 3.63) is 30.1 Å². The molecule has 2 N–H and O–H groups in total. The highest BCUT2D eigenvalue weighted by Crippen LogP contribution is 1.93. The zero-order chi connectivity index (χ0) is 7.40. The van der Waals surface area contributed by atoms with Crippen molar-refractivity contribution in [2.75, 3.05) is 0 Å². The van der Waals surface area contributed by atoms with Crippen LogP contribution in [-0.2, 0) is 0 Å². The van der Waals surface area contributed by atoms with E-state index in [9.17, 15) is 4.79 Å². The van der Waals surface area contributed by atoms with Gasteiger partial charge in [-0.25, -0.2) is 5.48 Å². The third-order valence-corrected chi connectivity index (χ3v) is 1.03. The van der Waals surface area contributed by atoms with E-state index in [2.05, 4.69) is 4.98 Å². The molecule has 60 valence electrons. The zero-order valence-electron chi connectivity index (χ0n) is 5.52. The van der Waals surface area contributed by atoms with E-state index >= 15 is 0 Å². The summed E-state index contributed by atoms with van der Waals surface area (Å²) < 4.78 is 0. The van der Waals surface area contributed by atoms with Crippen molar-refractivity contribution in [2.45, 2.75) is 0 Å². The molecule has 1 aromatic heterocycles. The van der Waals surface area contributed by atoms with Crippen LogP contribution in [0.5, 0.6) is 0 Å². The Morgan fingerprint density at radius 3 is 2.82 bits per heavy atom. The van der Waals surface area contributed by atoms with Crippen molar-refractivity contribution < 1.29 is 10.0 Å². The molecular weight excluding hydrogens is 168 g/mol. The number of pyridine rings is 1. The van der Waals surface area contributed by atoms with Crippen LogP contribution < -0.4 is 5.48 Å². The van der Waals surface area contributed by atoms with E-state index in [1.165, 1.54) is 11.7 Å². The van der Waals surface area contributed by atoms with Crippen LogP contribution in [0.2, 0.25) is 0 Å². The first-order valence-electron chi connectivity index (χ1n) is 2.69. The minimum absolute atomic E-state index is 0. The summed E-state index contributed by atoms with van der Waals surface area (Å²) in [6.45, 7) is 0. The van der Waals surface area contributed by atoms with Crippen molar-refractivity contribution in [2.24, 2.45) is 0 Å². The Hall–Kier alpha value is -1.13. The Balaban J connectivity index is 0.000001000. The summed E-state index contributed by atoms with van der Waals surface area (Å²) in [5, 5.41) is 8.16. The van der Waals surface area contributed by atoms with Crippen molar-refractivity contribution in [1.82, 2.24) is 10.5 Å². The molecule has 0 aromatic carbocycles. The van der Waals surface area contributed by atoms with Gasteiger partial charge in [-0.15, -0.1) is 12.4 Å². The second-order valence-corrected chi connectivity index (χ2v) is 1.68. The first-order chi connectivity index (χ1) is 4.84. The minimum Gasteiger partial charge on any atom is -0.288 e. The normalized spacial score (nSPS) is 8.09. The Morgan fingerprint density at radius 1 is 1.64 bits per heavy atom. The summed E-state index contributed by atoms with van der Waals surface area (Å²) in [6, 6.07) is 3.17. The molecule has 0 radical (unpaired) electrons. The van der Waals surface area contributed by atoms with E-state index in [-0.39, 0.29) is 12.4 Å². The first-order valence-corrected chi connectivity index (χ1v) is 2.69. The number of nitrogens with one attached hydrogen (secondary N) is 1. The molecule has 1 rings (SSSR count). The number of aromatic nitrogens is 1. The van der Waals surface area contributed by atoms with E-state index in [0.29, 0.717) is 5.56 Å². The smallest absolute Gasteiger partial charge is 0.276 e. The fourth-order valence-corrected chi connectivity index (χ4v) is 0.562. The number of carbonyl (C=O) groups excluding carboxylic acids is 1. The highest BCUT2D eigenvalue weighted by atomic mass is 35.5. The second kappa shape index (κ2) is 4.65. The zero-order valence-corrected chi connectivity index (χ0v) is 6.34. The van der Waals surface area contributed by atoms with E-state index in [4.69, 9.17) is 5.21 Å². The number of carbonyl (C=O) groups is 1. The maximum absolute atomic E-state index is 10.6. The van der Waals surface area contributed by atoms with E-state index < -0.39 is 5.91 Å². The molecule has 0 atom stereocenters. The molecule has 0 aliphatic heterocycles. The van der Waals surface area contributed by atoms with Gasteiger partial charge in [-0.3, -0.25) is 15.0 Å². The SMILES string of the molecule is Cl.O=C(NO)c1cccnc1. The largest absolute Gasteiger partial charge is 0.288 e. The van der Waals surface area contributed by atoms with Crippen molar-refractivity contribution in [3.63, 3.8) is 0 Å². The maximum Gasteiger partial charge on any atom is 0.276 e. The number of amides is 1. The molecule has 1 heterocycles. The molecule has 0 saturated carbocycles. The van der Waals surface area contributed by atoms with E-state index in [1.807, 2.05) is 0 Å². The van der Waals surface area contributed by atoms with Crippen LogP contribution in [0.25, 0.3) is 0 Å². The second-order valence-electron chi connectivity index (χ2n) is 1.68. The van der Waals surface area contributed by atoms with Gasteiger partial charge in [0.2, 0.25) is 0 Å². The molecule has 0 saturated heterocycles. The predicted octanol–water partition coefficient (Wildman–Crippen LogP) is 0.622. The third-order valence-electron chi connectivity index (χ3n) is 1.03. The Labute approximate surface area is 69.6 Å². The van der Waals surface area contributed by atoms with Gasteiger partial charge in [0.15, 0.2) is 0 Å². The van der Waals surface area contributed by atoms with Gasteiger partial charge in [-0.2, -0.15) is 0 Å². The van der Waals surface area contributed by atoms with Crippen molar-refractivity contribution in [1.29, 1.82) is 0 Å². The van der Waals surface area contributed by atoms with Gasteiger partial charge in [0.05, 0.1) is 5.56 Å². The number of hydrogen-bond acceptors (Lipinski definition) is 3. The minimum atomic E-state index is -0.548. The number of hydrogen-bond donors (Lipinski definition) is 2. The average molecular weight is 175 g/mol. The summed E-state index contributed by atoms with van der Waals surface area (Å²) in [5.74, 6) is -0.548. The van der Waals surface area contributed by atoms with Crippen LogP contribution in [-0.4, -0.2) is 16.1 Å². The molecule has 0 spiro atoms. The van der Waals surface area contributed by atoms with Gasteiger partial charge in [0, 0.05) is 12.4 Å². The lowest BCUT2D eigenvalue weighted by molar-refractivity contribution is 0.0706. The topological polar surface area (TPSA) is 62.2 Å². The van der Waals surface area contributed by atoms with Crippen molar-refractivity contribution >= 4 is 18.3 Å². The van der Waals surface area contributed by atoms with Gasteiger partial charge in [-0.1, -0.05) is 0 Å². The average Bonchev–Trinajstić information content (AvgIpc) is 2.05. The predicted molar refractivity (Wildman–Crippen MR) is 40.7 cm³/mol. The summed E-state index contributed by atoms with van der Waals surface area (Å²) in [6.07, 6.45) is 2.92. The van der Waals surface area contributed by atoms with E-state index in [0.717, 1.165) is 0 Å². The lowest BCUT2D eigenvalue weighted by Crippen LogP contribution is -2.18. The Kier molecular flexibility index (Phi) is 4.17. The quantitative estimate of drug-likeness (QED) is 0.485. The molecule has 4 nitrogen and oxygen atoms in total. The van der Waals surface area contributed by atoms with Crippen molar-refractivity contribution in [3.8, 4) is 0 Å². The lowest BCUT2D eigenvalue weighted by Gasteiger charge is -1.94. The van der Waals surface area contributed by atoms with Gasteiger partial charge in [0.25, 0.3) is 5.91 Å². The van der Waals surface area contributed by atoms with Crippen LogP contribution in [0.3, 0.4) is 0 Å². The van der Waals surface area contributed by atoms with Crippen LogP contribution in [0.1, 0.15) is 10.4 Å². The number of rotatable bonds is 1. The third kappa shape index (κ3) is 2.53. The molecule has 1 aromatic rings. The standard InChI is InChI=1S/C6H6N2O2.ClH/c9-6(8-10)5-2-1-3-7-4-5;/h1-4,10H,(H,8,9);1H. The number of hydroxylamine groups is 1. The molecule has 1 amide bonds. The Morgan fingerprint density at radius 2 is 2.36 bits per heavy atom. The molecule has 11 heavy (non-hydrogen) atoms. The molecule has 0 bridgehead atoms. The monoisotopic (exact) mass is 174 g/mol. The highest BCUT2D eigenvalue weighted by molar-refractivity contribution is 5.92. The van der Waals surface area contributed by atoms with Crippen LogP contribution >= 0.6 is 12.4 Å². The van der Waals surface area contributed by atoms with Gasteiger partial charge >= 0.3 is 0 Å². The summed E-state index contributed by atoms with van der Waals surface area (Å²) in [7, 11) is 0. The first kappa shape index (κ1) is 9.87. The van der Waals surface area contributed by atoms with Crippen LogP contribution in [0.4, 0.5) is 0 Å². The molecule has 5 heteroatoms. The van der Waals surface area contributed by atoms with Gasteiger partial charge in [-0.05, 0) is 12.1 Å². The summed E-state index contributed by atoms with van der Waals surface area (Å²) >= 11 is 0. The molecular formula is C6H7ClN2O2. The molecule has 0 fully saturated rings. The fraction of sp³-hybridized carbons (Fsp3) is 0. The molecule has 0 aliphatic carbocycles. The summed E-state index contributed by atoms with van der Waals surface area (Å²) in [4.78, 5) is 14.3. The Bertz CT molecular complexity index is 227. The molecule has 0 unspecified atom stereocenters. The lowest BCUT2D eigenvalue weighted by atomic mass is 10.3. The van der Waals surface area contributed by atoms with Gasteiger partial charge in [0.1, 0.15) is 0 Å². The van der Waals surface area contributed by atoms with Crippen LogP contribution in [0, 0.1) is 0 Å². The van der Waals surface area contributed by atoms with Crippen LogP contribution in [0.15, 0.2) is 24.5 Å². The summed E-state index contributed by atoms with van der Waals surface area (Å²) in [5.41, 5.74) is 1.84. The highest BCUT2D eigenvalue weighted by Gasteiger charge is 2.00. The molecule has 0 aliphatic rings. The number of halogens is 1. The van der Waals surface area contributed by atoms with E-state index in [1.54, 1.807) is 18.3 Å². The maximum atomic E-state index is 10.6. The fourth-order valence-electron chi connectivity index (χ4n) is 0.562. The number of nitrogens with zero attached hydrogens (tertiary/aromatic N) is 1. The van der Waals surface area contributed by atoms with Gasteiger partial charge < -0.3 is 0 Å².